The van der Waals surface area contributed by atoms with Crippen molar-refractivity contribution in [1.29, 1.82) is 0 Å². The van der Waals surface area contributed by atoms with Gasteiger partial charge in [0.2, 0.25) is 20.9 Å². The minimum absolute atomic E-state index is 1.29. The fourth-order valence-electron chi connectivity index (χ4n) is 1.79. The van der Waals surface area contributed by atoms with Crippen LogP contribution in [-0.4, -0.2) is 0 Å². The molecule has 3 aromatic rings. The highest BCUT2D eigenvalue weighted by Gasteiger charge is 2.11. The monoisotopic (exact) mass is 322 g/mol. The fraction of sp³-hybridized carbons (Fsp3) is 0. The Morgan fingerprint density at radius 3 is 1.90 bits per heavy atom. The lowest BCUT2D eigenvalue weighted by molar-refractivity contribution is -2.00. The molecule has 0 spiro atoms. The Labute approximate surface area is 127 Å². The summed E-state index contributed by atoms with van der Waals surface area (Å²) in [5.41, 5.74) is 1.29. The Balaban J connectivity index is 0.000000282. The van der Waals surface area contributed by atoms with E-state index in [4.69, 9.17) is 18.6 Å². The van der Waals surface area contributed by atoms with Gasteiger partial charge in [-0.2, -0.15) is 0 Å². The molecule has 0 amide bonds. The van der Waals surface area contributed by atoms with Gasteiger partial charge in [0, 0.05) is 23.1 Å². The zero-order chi connectivity index (χ0) is 15.3. The summed E-state index contributed by atoms with van der Waals surface area (Å²) in [7, 11) is -4.94. The van der Waals surface area contributed by atoms with Crippen LogP contribution < -0.4 is 18.6 Å². The molecule has 0 aliphatic rings. The molecule has 1 heterocycles. The molecule has 3 rings (SSSR count). The molecule has 0 saturated heterocycles. The summed E-state index contributed by atoms with van der Waals surface area (Å²) in [4.78, 5) is 1.32. The molecule has 1 aromatic heterocycles. The van der Waals surface area contributed by atoms with Crippen LogP contribution >= 0.6 is 11.3 Å². The molecule has 0 aliphatic carbocycles. The lowest BCUT2D eigenvalue weighted by atomic mass is 10.2. The van der Waals surface area contributed by atoms with Gasteiger partial charge in [-0.3, -0.25) is 0 Å². The summed E-state index contributed by atoms with van der Waals surface area (Å²) < 4.78 is 35.3. The van der Waals surface area contributed by atoms with Crippen LogP contribution in [-0.2, 0) is 0 Å². The van der Waals surface area contributed by atoms with Crippen molar-refractivity contribution in [3.05, 3.63) is 66.7 Å². The number of rotatable bonds is 1. The van der Waals surface area contributed by atoms with Gasteiger partial charge in [0.15, 0.2) is 0 Å². The minimum Gasteiger partial charge on any atom is -0.222 e. The smallest absolute Gasteiger partial charge is 0.222 e. The summed E-state index contributed by atoms with van der Waals surface area (Å²) in [5.74, 6) is 0. The van der Waals surface area contributed by atoms with Crippen molar-refractivity contribution < 1.29 is 28.9 Å². The zero-order valence-corrected chi connectivity index (χ0v) is 12.3. The van der Waals surface area contributed by atoms with Gasteiger partial charge in [0.1, 0.15) is 0 Å². The SMILES string of the molecule is [O-][Cl+3]([O-])([O-])[O-].c1ccc(-c2ccc3ccccc3[s+]2)cc1. The highest BCUT2D eigenvalue weighted by atomic mass is 35.7. The molecule has 0 unspecified atom stereocenters. The maximum absolute atomic E-state index is 8.49. The molecule has 108 valence electrons. The van der Waals surface area contributed by atoms with Gasteiger partial charge in [-0.15, -0.1) is 10.2 Å². The fourth-order valence-corrected chi connectivity index (χ4v) is 2.81. The molecule has 0 saturated carbocycles. The first-order valence-electron chi connectivity index (χ1n) is 5.92. The maximum Gasteiger partial charge on any atom is 0.238 e. The average Bonchev–Trinajstić information content (AvgIpc) is 2.46. The van der Waals surface area contributed by atoms with Crippen LogP contribution in [0.4, 0.5) is 0 Å². The number of hydrogen-bond donors (Lipinski definition) is 0. The molecule has 0 bridgehead atoms. The number of benzene rings is 2. The lowest BCUT2D eigenvalue weighted by Gasteiger charge is -2.17. The molecule has 0 atom stereocenters. The van der Waals surface area contributed by atoms with Crippen LogP contribution in [0.5, 0.6) is 0 Å². The molecule has 21 heavy (non-hydrogen) atoms. The third-order valence-electron chi connectivity index (χ3n) is 2.61. The maximum atomic E-state index is 8.49. The summed E-state index contributed by atoms with van der Waals surface area (Å²) in [6, 6.07) is 23.4. The predicted molar refractivity (Wildman–Crippen MR) is 71.7 cm³/mol. The van der Waals surface area contributed by atoms with E-state index in [9.17, 15) is 0 Å². The van der Waals surface area contributed by atoms with Crippen LogP contribution in [0.3, 0.4) is 0 Å². The van der Waals surface area contributed by atoms with Gasteiger partial charge in [0.25, 0.3) is 0 Å². The largest absolute Gasteiger partial charge is 0.238 e. The van der Waals surface area contributed by atoms with Crippen molar-refractivity contribution in [2.45, 2.75) is 0 Å². The molecule has 0 radical (unpaired) electrons. The Kier molecular flexibility index (Phi) is 5.19. The highest BCUT2D eigenvalue weighted by Crippen LogP contribution is 2.29. The van der Waals surface area contributed by atoms with E-state index >= 15 is 0 Å². The molecule has 2 aromatic carbocycles. The summed E-state index contributed by atoms with van der Waals surface area (Å²) in [6.07, 6.45) is 0. The summed E-state index contributed by atoms with van der Waals surface area (Å²) in [5, 5.41) is 1.31. The van der Waals surface area contributed by atoms with E-state index in [1.165, 1.54) is 20.5 Å². The van der Waals surface area contributed by atoms with Gasteiger partial charge in [-0.25, -0.2) is 18.6 Å². The highest BCUT2D eigenvalue weighted by molar-refractivity contribution is 7.21. The second-order valence-corrected chi connectivity index (χ2v) is 5.92. The predicted octanol–water partition coefficient (Wildman–Crippen LogP) is 0.0934. The normalized spacial score (nSPS) is 10.9. The third kappa shape index (κ3) is 5.35. The Bertz CT molecular complexity index is 707. The first-order chi connectivity index (χ1) is 9.93. The van der Waals surface area contributed by atoms with Crippen molar-refractivity contribution in [3.8, 4) is 10.4 Å². The first kappa shape index (κ1) is 15.8. The Morgan fingerprint density at radius 1 is 0.667 bits per heavy atom. The molecule has 4 nitrogen and oxygen atoms in total. The van der Waals surface area contributed by atoms with E-state index in [-0.39, 0.29) is 0 Å². The Morgan fingerprint density at radius 2 is 1.24 bits per heavy atom. The zero-order valence-electron chi connectivity index (χ0n) is 10.8. The standard InChI is InChI=1S/C15H11S.ClHO4/c1-2-6-12(7-3-1)15-11-10-13-8-4-5-9-14(13)16-15;2-1(3,4)5/h1-11H;(H,2,3,4,5)/q+1;/p-1. The van der Waals surface area contributed by atoms with E-state index in [1.807, 2.05) is 11.3 Å². The second-order valence-electron chi connectivity index (χ2n) is 4.08. The van der Waals surface area contributed by atoms with Gasteiger partial charge >= 0.3 is 0 Å². The van der Waals surface area contributed by atoms with Crippen molar-refractivity contribution >= 4 is 21.4 Å². The average molecular weight is 323 g/mol. The van der Waals surface area contributed by atoms with Crippen LogP contribution in [0, 0.1) is 10.2 Å². The first-order valence-corrected chi connectivity index (χ1v) is 7.98. The molecule has 6 heteroatoms. The van der Waals surface area contributed by atoms with E-state index in [0.29, 0.717) is 0 Å². The number of hydrogen-bond acceptors (Lipinski definition) is 4. The number of halogens is 1. The molecular formula is C15H11ClO4S. The topological polar surface area (TPSA) is 92.2 Å². The van der Waals surface area contributed by atoms with Gasteiger partial charge in [-0.05, 0) is 24.3 Å². The summed E-state index contributed by atoms with van der Waals surface area (Å²) >= 11 is 1.84. The van der Waals surface area contributed by atoms with Crippen LogP contribution in [0.1, 0.15) is 0 Å². The van der Waals surface area contributed by atoms with Crippen molar-refractivity contribution in [1.82, 2.24) is 0 Å². The molecule has 0 fully saturated rings. The van der Waals surface area contributed by atoms with Crippen LogP contribution in [0.2, 0.25) is 0 Å². The second kappa shape index (κ2) is 6.91. The summed E-state index contributed by atoms with van der Waals surface area (Å²) in [6.45, 7) is 0. The van der Waals surface area contributed by atoms with Gasteiger partial charge in [-0.1, -0.05) is 30.3 Å². The molecule has 0 N–H and O–H groups in total. The third-order valence-corrected chi connectivity index (χ3v) is 3.79. The Hall–Kier alpha value is -1.60. The van der Waals surface area contributed by atoms with E-state index in [0.717, 1.165) is 0 Å². The van der Waals surface area contributed by atoms with Crippen LogP contribution in [0.25, 0.3) is 20.5 Å². The van der Waals surface area contributed by atoms with Crippen molar-refractivity contribution in [2.75, 3.05) is 0 Å². The van der Waals surface area contributed by atoms with Crippen molar-refractivity contribution in [3.63, 3.8) is 0 Å². The quantitative estimate of drug-likeness (QED) is 0.594. The lowest BCUT2D eigenvalue weighted by Crippen LogP contribution is -2.68. The van der Waals surface area contributed by atoms with E-state index in [2.05, 4.69) is 66.7 Å². The number of fused-ring (bicyclic) bond motifs is 1. The van der Waals surface area contributed by atoms with E-state index < -0.39 is 10.2 Å². The van der Waals surface area contributed by atoms with Gasteiger partial charge < -0.3 is 0 Å². The van der Waals surface area contributed by atoms with Crippen molar-refractivity contribution in [2.24, 2.45) is 0 Å². The van der Waals surface area contributed by atoms with Gasteiger partial charge in [0.05, 0.1) is 0 Å². The van der Waals surface area contributed by atoms with E-state index in [1.54, 1.807) is 0 Å². The molecular weight excluding hydrogens is 312 g/mol. The van der Waals surface area contributed by atoms with Crippen LogP contribution in [0.15, 0.2) is 66.7 Å². The minimum atomic E-state index is -4.94. The molecule has 0 aliphatic heterocycles.